The minimum atomic E-state index is -0.183. The average molecular weight is 316 g/mol. The first-order chi connectivity index (χ1) is 11.1. The molecule has 1 atom stereocenters. The summed E-state index contributed by atoms with van der Waals surface area (Å²) in [5.74, 6) is 0.628. The first-order valence-corrected chi connectivity index (χ1v) is 8.10. The first-order valence-electron chi connectivity index (χ1n) is 8.10. The van der Waals surface area contributed by atoms with Crippen molar-refractivity contribution in [1.29, 1.82) is 0 Å². The van der Waals surface area contributed by atoms with Gasteiger partial charge in [-0.3, -0.25) is 9.58 Å². The fourth-order valence-electron chi connectivity index (χ4n) is 3.00. The van der Waals surface area contributed by atoms with Gasteiger partial charge in [0.25, 0.3) is 0 Å². The molecule has 3 rings (SSSR count). The van der Waals surface area contributed by atoms with Crippen LogP contribution in [0.3, 0.4) is 0 Å². The van der Waals surface area contributed by atoms with Gasteiger partial charge in [-0.15, -0.1) is 0 Å². The van der Waals surface area contributed by atoms with E-state index in [1.807, 2.05) is 26.2 Å². The lowest BCUT2D eigenvalue weighted by atomic mass is 10.1. The van der Waals surface area contributed by atoms with Crippen LogP contribution in [-0.2, 0) is 7.05 Å². The van der Waals surface area contributed by atoms with Crippen LogP contribution in [0.1, 0.15) is 18.5 Å². The molecule has 1 fully saturated rings. The molecule has 2 aromatic heterocycles. The normalized spacial score (nSPS) is 19.0. The van der Waals surface area contributed by atoms with E-state index >= 15 is 0 Å². The maximum atomic E-state index is 9.69. The van der Waals surface area contributed by atoms with Gasteiger partial charge in [0.2, 0.25) is 5.95 Å². The van der Waals surface area contributed by atoms with Crippen molar-refractivity contribution in [3.63, 3.8) is 0 Å². The summed E-state index contributed by atoms with van der Waals surface area (Å²) in [6, 6.07) is 1.90. The molecule has 0 radical (unpaired) electrons. The monoisotopic (exact) mass is 316 g/mol. The van der Waals surface area contributed by atoms with Gasteiger partial charge in [0, 0.05) is 44.6 Å². The van der Waals surface area contributed by atoms with E-state index in [9.17, 15) is 5.11 Å². The summed E-state index contributed by atoms with van der Waals surface area (Å²) in [6.07, 6.45) is 5.53. The number of likely N-dealkylation sites (tertiary alicyclic amines) is 1. The predicted octanol–water partition coefficient (Wildman–Crippen LogP) is 1.05. The summed E-state index contributed by atoms with van der Waals surface area (Å²) < 4.78 is 1.79. The number of anilines is 1. The minimum Gasteiger partial charge on any atom is -0.392 e. The third kappa shape index (κ3) is 4.05. The zero-order chi connectivity index (χ0) is 16.2. The molecule has 0 aromatic carbocycles. The first kappa shape index (κ1) is 15.9. The minimum absolute atomic E-state index is 0.183. The molecule has 0 spiro atoms. The lowest BCUT2D eigenvalue weighted by Gasteiger charge is -2.29. The molecule has 2 aromatic rings. The van der Waals surface area contributed by atoms with Crippen molar-refractivity contribution in [2.24, 2.45) is 7.05 Å². The molecule has 2 N–H and O–H groups in total. The van der Waals surface area contributed by atoms with Crippen LogP contribution in [0.2, 0.25) is 0 Å². The zero-order valence-corrected chi connectivity index (χ0v) is 13.7. The smallest absolute Gasteiger partial charge is 0.223 e. The molecule has 23 heavy (non-hydrogen) atoms. The Labute approximate surface area is 136 Å². The number of aliphatic hydroxyl groups excluding tert-OH is 1. The van der Waals surface area contributed by atoms with Gasteiger partial charge >= 0.3 is 0 Å². The largest absolute Gasteiger partial charge is 0.392 e. The molecule has 3 heterocycles. The summed E-state index contributed by atoms with van der Waals surface area (Å²) in [4.78, 5) is 11.1. The lowest BCUT2D eigenvalue weighted by Crippen LogP contribution is -2.40. The number of β-amino-alcohol motifs (C(OH)–C–C–N with tert-alkyl or cyclic N) is 1. The molecule has 7 nitrogen and oxygen atoms in total. The van der Waals surface area contributed by atoms with Crippen LogP contribution < -0.4 is 5.32 Å². The van der Waals surface area contributed by atoms with Crippen LogP contribution in [0, 0.1) is 6.92 Å². The molecule has 0 aliphatic carbocycles. The summed E-state index contributed by atoms with van der Waals surface area (Å²) in [6.45, 7) is 5.44. The molecule has 0 amide bonds. The number of nitrogens with zero attached hydrogens (tertiary/aromatic N) is 5. The van der Waals surface area contributed by atoms with Gasteiger partial charge in [-0.25, -0.2) is 9.97 Å². The van der Waals surface area contributed by atoms with Gasteiger partial charge in [-0.1, -0.05) is 0 Å². The van der Waals surface area contributed by atoms with Crippen LogP contribution in [-0.4, -0.2) is 62.0 Å². The molecule has 1 aliphatic heterocycles. The van der Waals surface area contributed by atoms with Crippen molar-refractivity contribution in [2.45, 2.75) is 25.9 Å². The van der Waals surface area contributed by atoms with Crippen molar-refractivity contribution in [3.05, 3.63) is 24.2 Å². The number of aryl methyl sites for hydroxylation is 2. The number of piperidine rings is 1. The number of aromatic nitrogens is 4. The van der Waals surface area contributed by atoms with E-state index in [0.29, 0.717) is 5.95 Å². The van der Waals surface area contributed by atoms with E-state index in [0.717, 1.165) is 56.0 Å². The maximum Gasteiger partial charge on any atom is 0.223 e. The highest BCUT2D eigenvalue weighted by Gasteiger charge is 2.17. The van der Waals surface area contributed by atoms with E-state index in [1.54, 1.807) is 10.9 Å². The molecule has 1 aliphatic rings. The van der Waals surface area contributed by atoms with E-state index in [4.69, 9.17) is 0 Å². The SMILES string of the molecule is Cc1nn(C)cc1-c1ccnc(NCCN2CCCC(O)C2)n1. The molecule has 124 valence electrons. The van der Waals surface area contributed by atoms with Gasteiger partial charge in [0.15, 0.2) is 0 Å². The fourth-order valence-corrected chi connectivity index (χ4v) is 3.00. The lowest BCUT2D eigenvalue weighted by molar-refractivity contribution is 0.0730. The Morgan fingerprint density at radius 3 is 3.04 bits per heavy atom. The van der Waals surface area contributed by atoms with Gasteiger partial charge in [0.05, 0.1) is 17.5 Å². The van der Waals surface area contributed by atoms with Gasteiger partial charge in [-0.2, -0.15) is 5.10 Å². The topological polar surface area (TPSA) is 79.1 Å². The molecule has 1 unspecified atom stereocenters. The second-order valence-corrected chi connectivity index (χ2v) is 6.09. The van der Waals surface area contributed by atoms with E-state index in [1.165, 1.54) is 0 Å². The number of hydrogen-bond acceptors (Lipinski definition) is 6. The zero-order valence-electron chi connectivity index (χ0n) is 13.7. The molecule has 1 saturated heterocycles. The van der Waals surface area contributed by atoms with E-state index in [2.05, 4.69) is 25.3 Å². The van der Waals surface area contributed by atoms with Crippen molar-refractivity contribution in [3.8, 4) is 11.3 Å². The highest BCUT2D eigenvalue weighted by Crippen LogP contribution is 2.20. The van der Waals surface area contributed by atoms with Crippen molar-refractivity contribution < 1.29 is 5.11 Å². The summed E-state index contributed by atoms with van der Waals surface area (Å²) in [5, 5.41) is 17.3. The second kappa shape index (κ2) is 7.06. The van der Waals surface area contributed by atoms with Crippen LogP contribution >= 0.6 is 0 Å². The third-order valence-electron chi connectivity index (χ3n) is 4.14. The highest BCUT2D eigenvalue weighted by molar-refractivity contribution is 5.61. The van der Waals surface area contributed by atoms with Crippen LogP contribution in [0.5, 0.6) is 0 Å². The van der Waals surface area contributed by atoms with E-state index in [-0.39, 0.29) is 6.10 Å². The van der Waals surface area contributed by atoms with Crippen molar-refractivity contribution in [1.82, 2.24) is 24.6 Å². The Morgan fingerprint density at radius 1 is 1.43 bits per heavy atom. The number of rotatable bonds is 5. The Bertz CT molecular complexity index is 656. The quantitative estimate of drug-likeness (QED) is 0.858. The average Bonchev–Trinajstić information content (AvgIpc) is 2.86. The van der Waals surface area contributed by atoms with Crippen LogP contribution in [0.4, 0.5) is 5.95 Å². The van der Waals surface area contributed by atoms with Crippen molar-refractivity contribution in [2.75, 3.05) is 31.5 Å². The van der Waals surface area contributed by atoms with E-state index < -0.39 is 0 Å². The Balaban J connectivity index is 1.58. The molecule has 7 heteroatoms. The number of hydrogen-bond donors (Lipinski definition) is 2. The van der Waals surface area contributed by atoms with Crippen LogP contribution in [0.15, 0.2) is 18.5 Å². The predicted molar refractivity (Wildman–Crippen MR) is 89.1 cm³/mol. The number of nitrogens with one attached hydrogen (secondary N) is 1. The Hall–Kier alpha value is -1.99. The molecular formula is C16H24N6O. The van der Waals surface area contributed by atoms with Crippen LogP contribution in [0.25, 0.3) is 11.3 Å². The highest BCUT2D eigenvalue weighted by atomic mass is 16.3. The third-order valence-corrected chi connectivity index (χ3v) is 4.14. The second-order valence-electron chi connectivity index (χ2n) is 6.09. The Kier molecular flexibility index (Phi) is 4.88. The summed E-state index contributed by atoms with van der Waals surface area (Å²) in [5.41, 5.74) is 2.86. The number of aliphatic hydroxyl groups is 1. The van der Waals surface area contributed by atoms with Gasteiger partial charge < -0.3 is 10.4 Å². The standard InChI is InChI=1S/C16H24N6O/c1-12-14(11-21(2)20-12)15-5-6-17-16(19-15)18-7-9-22-8-3-4-13(23)10-22/h5-6,11,13,23H,3-4,7-10H2,1-2H3,(H,17,18,19). The fraction of sp³-hybridized carbons (Fsp3) is 0.562. The summed E-state index contributed by atoms with van der Waals surface area (Å²) in [7, 11) is 1.91. The Morgan fingerprint density at radius 2 is 2.30 bits per heavy atom. The molecule has 0 bridgehead atoms. The van der Waals surface area contributed by atoms with Gasteiger partial charge in [0.1, 0.15) is 0 Å². The maximum absolute atomic E-state index is 9.69. The van der Waals surface area contributed by atoms with Crippen molar-refractivity contribution >= 4 is 5.95 Å². The molecule has 0 saturated carbocycles. The summed E-state index contributed by atoms with van der Waals surface area (Å²) >= 11 is 0. The van der Waals surface area contributed by atoms with Gasteiger partial charge in [-0.05, 0) is 32.4 Å². The molecular weight excluding hydrogens is 292 g/mol.